The first-order valence-electron chi connectivity index (χ1n) is 7.35. The van der Waals surface area contributed by atoms with Crippen LogP contribution >= 0.6 is 11.8 Å². The highest BCUT2D eigenvalue weighted by molar-refractivity contribution is 7.99. The zero-order valence-electron chi connectivity index (χ0n) is 11.5. The minimum Gasteiger partial charge on any atom is -0.313 e. The third-order valence-corrected chi connectivity index (χ3v) is 5.54. The molecule has 1 saturated carbocycles. The number of hydrogen-bond donors (Lipinski definition) is 1. The fourth-order valence-electron chi connectivity index (χ4n) is 3.53. The zero-order valence-corrected chi connectivity index (χ0v) is 12.3. The number of rotatable bonds is 4. The summed E-state index contributed by atoms with van der Waals surface area (Å²) in [6, 6.07) is 1.61. The van der Waals surface area contributed by atoms with Gasteiger partial charge in [0.25, 0.3) is 0 Å². The molecule has 0 aromatic heterocycles. The van der Waals surface area contributed by atoms with Gasteiger partial charge in [0.15, 0.2) is 0 Å². The maximum Gasteiger partial charge on any atom is 0.0215 e. The molecule has 3 heteroatoms. The van der Waals surface area contributed by atoms with Crippen molar-refractivity contribution < 1.29 is 0 Å². The van der Waals surface area contributed by atoms with Gasteiger partial charge < -0.3 is 5.32 Å². The minimum atomic E-state index is 0.748. The number of nitrogens with one attached hydrogen (secondary N) is 1. The molecule has 0 aromatic rings. The molecule has 3 unspecified atom stereocenters. The summed E-state index contributed by atoms with van der Waals surface area (Å²) < 4.78 is 0. The van der Waals surface area contributed by atoms with Crippen molar-refractivity contribution in [3.05, 3.63) is 0 Å². The van der Waals surface area contributed by atoms with Crippen LogP contribution in [0.15, 0.2) is 0 Å². The molecule has 1 N–H and O–H groups in total. The number of nitrogens with zero attached hydrogens (tertiary/aromatic N) is 1. The van der Waals surface area contributed by atoms with E-state index in [4.69, 9.17) is 0 Å². The number of hydrogen-bond acceptors (Lipinski definition) is 3. The molecular formula is C14H28N2S. The second-order valence-corrected chi connectivity index (χ2v) is 6.59. The highest BCUT2D eigenvalue weighted by Crippen LogP contribution is 2.32. The number of thioether (sulfide) groups is 1. The first kappa shape index (κ1) is 13.7. The van der Waals surface area contributed by atoms with E-state index in [0.717, 1.165) is 23.9 Å². The second-order valence-electron chi connectivity index (χ2n) is 5.52. The van der Waals surface area contributed by atoms with E-state index in [2.05, 4.69) is 35.2 Å². The number of piperidine rings is 1. The molecule has 2 nitrogen and oxygen atoms in total. The molecule has 0 aromatic carbocycles. The van der Waals surface area contributed by atoms with E-state index < -0.39 is 0 Å². The van der Waals surface area contributed by atoms with Crippen LogP contribution in [0.2, 0.25) is 0 Å². The van der Waals surface area contributed by atoms with Gasteiger partial charge in [-0.05, 0) is 45.0 Å². The molecule has 1 saturated heterocycles. The highest BCUT2D eigenvalue weighted by atomic mass is 32.2. The largest absolute Gasteiger partial charge is 0.313 e. The second kappa shape index (κ2) is 7.01. The summed E-state index contributed by atoms with van der Waals surface area (Å²) in [5.74, 6) is 0. The lowest BCUT2D eigenvalue weighted by atomic mass is 9.91. The van der Waals surface area contributed by atoms with Gasteiger partial charge in [-0.2, -0.15) is 11.8 Å². The van der Waals surface area contributed by atoms with E-state index in [9.17, 15) is 0 Å². The average molecular weight is 256 g/mol. The smallest absolute Gasteiger partial charge is 0.0215 e. The predicted molar refractivity (Wildman–Crippen MR) is 77.8 cm³/mol. The summed E-state index contributed by atoms with van der Waals surface area (Å²) in [7, 11) is 0. The lowest BCUT2D eigenvalue weighted by Crippen LogP contribution is -2.53. The van der Waals surface area contributed by atoms with Gasteiger partial charge in [0.2, 0.25) is 0 Å². The Kier molecular flexibility index (Phi) is 5.64. The highest BCUT2D eigenvalue weighted by Gasteiger charge is 2.32. The monoisotopic (exact) mass is 256 g/mol. The van der Waals surface area contributed by atoms with Crippen molar-refractivity contribution in [3.63, 3.8) is 0 Å². The van der Waals surface area contributed by atoms with Crippen molar-refractivity contribution in [2.45, 2.75) is 62.8 Å². The van der Waals surface area contributed by atoms with Crippen molar-refractivity contribution in [1.29, 1.82) is 0 Å². The van der Waals surface area contributed by atoms with E-state index in [0.29, 0.717) is 0 Å². The zero-order chi connectivity index (χ0) is 12.1. The average Bonchev–Trinajstić information content (AvgIpc) is 2.39. The molecule has 2 fully saturated rings. The Bertz CT molecular complexity index is 220. The lowest BCUT2D eigenvalue weighted by molar-refractivity contribution is 0.115. The van der Waals surface area contributed by atoms with Gasteiger partial charge in [-0.25, -0.2) is 0 Å². The van der Waals surface area contributed by atoms with E-state index in [-0.39, 0.29) is 0 Å². The van der Waals surface area contributed by atoms with Crippen LogP contribution in [0.1, 0.15) is 45.4 Å². The van der Waals surface area contributed by atoms with Crippen LogP contribution in [0.3, 0.4) is 0 Å². The molecule has 1 aliphatic carbocycles. The van der Waals surface area contributed by atoms with Crippen molar-refractivity contribution in [2.24, 2.45) is 0 Å². The summed E-state index contributed by atoms with van der Waals surface area (Å²) in [6.07, 6.45) is 10.8. The van der Waals surface area contributed by atoms with Crippen LogP contribution in [-0.2, 0) is 0 Å². The van der Waals surface area contributed by atoms with E-state index in [1.54, 1.807) is 0 Å². The van der Waals surface area contributed by atoms with Gasteiger partial charge in [0.1, 0.15) is 0 Å². The van der Waals surface area contributed by atoms with E-state index in [1.165, 1.54) is 51.6 Å². The Hall–Kier alpha value is 0.270. The maximum absolute atomic E-state index is 3.64. The Labute approximate surface area is 111 Å². The fourth-order valence-corrected chi connectivity index (χ4v) is 4.56. The van der Waals surface area contributed by atoms with Crippen LogP contribution in [0.4, 0.5) is 0 Å². The fraction of sp³-hybridized carbons (Fsp3) is 1.00. The molecule has 17 heavy (non-hydrogen) atoms. The van der Waals surface area contributed by atoms with Crippen LogP contribution in [0.5, 0.6) is 0 Å². The molecule has 0 amide bonds. The van der Waals surface area contributed by atoms with Gasteiger partial charge in [-0.15, -0.1) is 0 Å². The minimum absolute atomic E-state index is 0.748. The summed E-state index contributed by atoms with van der Waals surface area (Å²) in [6.45, 7) is 5.97. The molecule has 1 heterocycles. The molecule has 3 atom stereocenters. The van der Waals surface area contributed by atoms with Crippen molar-refractivity contribution in [2.75, 3.05) is 25.9 Å². The molecular weight excluding hydrogens is 228 g/mol. The molecule has 2 rings (SSSR count). The van der Waals surface area contributed by atoms with Crippen LogP contribution in [-0.4, -0.2) is 48.1 Å². The third kappa shape index (κ3) is 3.62. The third-order valence-electron chi connectivity index (χ3n) is 4.39. The topological polar surface area (TPSA) is 15.3 Å². The van der Waals surface area contributed by atoms with Crippen LogP contribution in [0.25, 0.3) is 0 Å². The molecule has 0 spiro atoms. The summed E-state index contributed by atoms with van der Waals surface area (Å²) in [5, 5.41) is 4.53. The maximum atomic E-state index is 3.64. The Balaban J connectivity index is 1.90. The van der Waals surface area contributed by atoms with E-state index >= 15 is 0 Å². The van der Waals surface area contributed by atoms with Gasteiger partial charge in [-0.3, -0.25) is 4.90 Å². The molecule has 0 bridgehead atoms. The van der Waals surface area contributed by atoms with Crippen molar-refractivity contribution in [3.8, 4) is 0 Å². The quantitative estimate of drug-likeness (QED) is 0.832. The standard InChI is InChI=1S/C14H28N2S/c1-3-15-12-7-6-10-16(11-12)13-8-4-5-9-14(13)17-2/h12-15H,3-11H2,1-2H3. The number of likely N-dealkylation sites (N-methyl/N-ethyl adjacent to an activating group) is 1. The summed E-state index contributed by atoms with van der Waals surface area (Å²) in [4.78, 5) is 2.79. The first-order valence-corrected chi connectivity index (χ1v) is 8.64. The lowest BCUT2D eigenvalue weighted by Gasteiger charge is -2.43. The molecule has 1 aliphatic heterocycles. The van der Waals surface area contributed by atoms with Crippen molar-refractivity contribution >= 4 is 11.8 Å². The predicted octanol–water partition coefficient (Wildman–Crippen LogP) is 2.73. The Morgan fingerprint density at radius 3 is 2.76 bits per heavy atom. The van der Waals surface area contributed by atoms with Gasteiger partial charge in [0.05, 0.1) is 0 Å². The molecule has 0 radical (unpaired) electrons. The SMILES string of the molecule is CCNC1CCCN(C2CCCCC2SC)C1. The Morgan fingerprint density at radius 1 is 1.18 bits per heavy atom. The summed E-state index contributed by atoms with van der Waals surface area (Å²) in [5.41, 5.74) is 0. The number of likely N-dealkylation sites (tertiary alicyclic amines) is 1. The van der Waals surface area contributed by atoms with E-state index in [1.807, 2.05) is 0 Å². The molecule has 100 valence electrons. The Morgan fingerprint density at radius 2 is 2.00 bits per heavy atom. The van der Waals surface area contributed by atoms with Gasteiger partial charge >= 0.3 is 0 Å². The normalized spacial score (nSPS) is 36.0. The molecule has 2 aliphatic rings. The van der Waals surface area contributed by atoms with Gasteiger partial charge in [0, 0.05) is 23.9 Å². The van der Waals surface area contributed by atoms with Crippen molar-refractivity contribution in [1.82, 2.24) is 10.2 Å². The first-order chi connectivity index (χ1) is 8.35. The van der Waals surface area contributed by atoms with Crippen LogP contribution < -0.4 is 5.32 Å². The summed E-state index contributed by atoms with van der Waals surface area (Å²) >= 11 is 2.10. The van der Waals surface area contributed by atoms with Crippen LogP contribution in [0, 0.1) is 0 Å². The van der Waals surface area contributed by atoms with Gasteiger partial charge in [-0.1, -0.05) is 19.8 Å².